The van der Waals surface area contributed by atoms with Crippen molar-refractivity contribution in [3.05, 3.63) is 76.5 Å². The highest BCUT2D eigenvalue weighted by Crippen LogP contribution is 2.30. The van der Waals surface area contributed by atoms with Crippen LogP contribution in [0.3, 0.4) is 0 Å². The van der Waals surface area contributed by atoms with E-state index in [1.807, 2.05) is 30.3 Å². The second-order valence-corrected chi connectivity index (χ2v) is 8.36. The van der Waals surface area contributed by atoms with E-state index in [0.29, 0.717) is 11.0 Å². The molecular weight excluding hydrogens is 366 g/mol. The molecule has 0 saturated heterocycles. The van der Waals surface area contributed by atoms with Crippen molar-refractivity contribution in [1.82, 2.24) is 24.1 Å². The summed E-state index contributed by atoms with van der Waals surface area (Å²) in [6.07, 6.45) is 1.71. The first-order chi connectivity index (χ1) is 13.0. The predicted octanol–water partition coefficient (Wildman–Crippen LogP) is 1.75. The number of aromatic nitrogens is 4. The normalized spacial score (nSPS) is 14.7. The minimum atomic E-state index is -3.70. The number of hydrogen-bond acceptors (Lipinski definition) is 4. The number of aromatic amines is 2. The summed E-state index contributed by atoms with van der Waals surface area (Å²) in [6, 6.07) is 14.2. The van der Waals surface area contributed by atoms with Crippen LogP contribution in [-0.2, 0) is 23.1 Å². The molecular formula is C18H15N5O3S. The molecule has 0 radical (unpaired) electrons. The van der Waals surface area contributed by atoms with Gasteiger partial charge in [-0.3, -0.25) is 0 Å². The van der Waals surface area contributed by atoms with E-state index in [0.717, 1.165) is 16.9 Å². The molecule has 8 nitrogen and oxygen atoms in total. The third-order valence-corrected chi connectivity index (χ3v) is 6.54. The zero-order chi connectivity index (χ0) is 18.6. The number of imidazole rings is 1. The number of fused-ring (bicyclic) bond motifs is 2. The van der Waals surface area contributed by atoms with Gasteiger partial charge in [-0.2, -0.15) is 9.40 Å². The second kappa shape index (κ2) is 5.66. The van der Waals surface area contributed by atoms with Gasteiger partial charge in [-0.15, -0.1) is 0 Å². The van der Waals surface area contributed by atoms with Crippen molar-refractivity contribution in [3.63, 3.8) is 0 Å². The topological polar surface area (TPSA) is 104 Å². The molecule has 2 N–H and O–H groups in total. The zero-order valence-electron chi connectivity index (χ0n) is 14.1. The Labute approximate surface area is 154 Å². The number of nitrogens with one attached hydrogen (secondary N) is 2. The molecule has 0 saturated carbocycles. The standard InChI is InChI=1S/C18H15N5O3S/c24-18-20-15-7-6-14(8-16(15)21-18)27(25,26)22-10-12-9-19-23(17(12)11-22)13-4-2-1-3-5-13/h1-9H,10-11H2,(H2,20,21,24). The maximum Gasteiger partial charge on any atom is 0.323 e. The molecule has 3 heterocycles. The summed E-state index contributed by atoms with van der Waals surface area (Å²) in [5, 5.41) is 4.39. The Kier molecular flexibility index (Phi) is 3.36. The van der Waals surface area contributed by atoms with Gasteiger partial charge in [-0.05, 0) is 30.3 Å². The minimum absolute atomic E-state index is 0.148. The lowest BCUT2D eigenvalue weighted by Crippen LogP contribution is -2.26. The van der Waals surface area contributed by atoms with Gasteiger partial charge in [-0.1, -0.05) is 18.2 Å². The summed E-state index contributed by atoms with van der Waals surface area (Å²) in [5.41, 5.74) is 3.32. The highest BCUT2D eigenvalue weighted by Gasteiger charge is 2.33. The van der Waals surface area contributed by atoms with Crippen molar-refractivity contribution in [1.29, 1.82) is 0 Å². The second-order valence-electron chi connectivity index (χ2n) is 6.42. The first-order valence-electron chi connectivity index (χ1n) is 8.36. The van der Waals surface area contributed by atoms with Crippen LogP contribution in [0.5, 0.6) is 0 Å². The molecule has 9 heteroatoms. The van der Waals surface area contributed by atoms with Crippen molar-refractivity contribution >= 4 is 21.1 Å². The molecule has 27 heavy (non-hydrogen) atoms. The van der Waals surface area contributed by atoms with Crippen LogP contribution in [0.2, 0.25) is 0 Å². The van der Waals surface area contributed by atoms with Gasteiger partial charge in [0.1, 0.15) is 0 Å². The van der Waals surface area contributed by atoms with Gasteiger partial charge >= 0.3 is 5.69 Å². The van der Waals surface area contributed by atoms with Crippen molar-refractivity contribution in [2.24, 2.45) is 0 Å². The quantitative estimate of drug-likeness (QED) is 0.564. The molecule has 2 aromatic carbocycles. The molecule has 1 aliphatic heterocycles. The summed E-state index contributed by atoms with van der Waals surface area (Å²) in [6.45, 7) is 0.514. The number of nitrogens with zero attached hydrogens (tertiary/aromatic N) is 3. The van der Waals surface area contributed by atoms with E-state index < -0.39 is 10.0 Å². The Morgan fingerprint density at radius 1 is 0.963 bits per heavy atom. The molecule has 2 aromatic heterocycles. The zero-order valence-corrected chi connectivity index (χ0v) is 14.9. The fourth-order valence-corrected chi connectivity index (χ4v) is 4.81. The highest BCUT2D eigenvalue weighted by atomic mass is 32.2. The summed E-state index contributed by atoms with van der Waals surface area (Å²) in [7, 11) is -3.70. The van der Waals surface area contributed by atoms with Crippen LogP contribution in [0.1, 0.15) is 11.3 Å². The van der Waals surface area contributed by atoms with Crippen LogP contribution >= 0.6 is 0 Å². The lowest BCUT2D eigenvalue weighted by atomic mass is 10.3. The van der Waals surface area contributed by atoms with E-state index in [2.05, 4.69) is 15.1 Å². The van der Waals surface area contributed by atoms with Gasteiger partial charge in [0.05, 0.1) is 40.1 Å². The third-order valence-electron chi connectivity index (χ3n) is 4.75. The fourth-order valence-electron chi connectivity index (χ4n) is 3.40. The van der Waals surface area contributed by atoms with Crippen molar-refractivity contribution in [2.75, 3.05) is 0 Å². The molecule has 1 aliphatic rings. The SMILES string of the molecule is O=c1[nH]c2ccc(S(=O)(=O)N3Cc4cnn(-c5ccccc5)c4C3)cc2[nH]1. The predicted molar refractivity (Wildman–Crippen MR) is 98.9 cm³/mol. The largest absolute Gasteiger partial charge is 0.323 e. The number of rotatable bonds is 3. The van der Waals surface area contributed by atoms with Crippen LogP contribution in [-0.4, -0.2) is 32.5 Å². The fraction of sp³-hybridized carbons (Fsp3) is 0.111. The number of sulfonamides is 1. The molecule has 0 atom stereocenters. The smallest absolute Gasteiger partial charge is 0.306 e. The van der Waals surface area contributed by atoms with Crippen molar-refractivity contribution in [2.45, 2.75) is 18.0 Å². The van der Waals surface area contributed by atoms with Gasteiger partial charge in [-0.25, -0.2) is 17.9 Å². The van der Waals surface area contributed by atoms with E-state index in [1.165, 1.54) is 16.4 Å². The summed E-state index contributed by atoms with van der Waals surface area (Å²) in [4.78, 5) is 16.8. The Balaban J connectivity index is 1.51. The number of para-hydroxylation sites is 1. The maximum absolute atomic E-state index is 13.1. The van der Waals surface area contributed by atoms with E-state index in [9.17, 15) is 13.2 Å². The molecule has 136 valence electrons. The number of benzene rings is 2. The minimum Gasteiger partial charge on any atom is -0.306 e. The summed E-state index contributed by atoms with van der Waals surface area (Å²) >= 11 is 0. The lowest BCUT2D eigenvalue weighted by Gasteiger charge is -2.16. The molecule has 5 rings (SSSR count). The Morgan fingerprint density at radius 2 is 1.74 bits per heavy atom. The van der Waals surface area contributed by atoms with E-state index in [1.54, 1.807) is 16.9 Å². The van der Waals surface area contributed by atoms with Crippen LogP contribution < -0.4 is 5.69 Å². The Morgan fingerprint density at radius 3 is 2.56 bits per heavy atom. The van der Waals surface area contributed by atoms with Gasteiger partial charge < -0.3 is 9.97 Å². The lowest BCUT2D eigenvalue weighted by molar-refractivity contribution is 0.424. The van der Waals surface area contributed by atoms with Gasteiger partial charge in [0.25, 0.3) is 0 Å². The van der Waals surface area contributed by atoms with Gasteiger partial charge in [0.15, 0.2) is 0 Å². The van der Waals surface area contributed by atoms with Crippen LogP contribution in [0.4, 0.5) is 0 Å². The summed E-state index contributed by atoms with van der Waals surface area (Å²) < 4.78 is 29.4. The molecule has 0 unspecified atom stereocenters. The third kappa shape index (κ3) is 2.51. The number of H-pyrrole nitrogens is 2. The monoisotopic (exact) mass is 381 g/mol. The van der Waals surface area contributed by atoms with E-state index in [4.69, 9.17) is 0 Å². The molecule has 0 aliphatic carbocycles. The van der Waals surface area contributed by atoms with Crippen molar-refractivity contribution in [3.8, 4) is 5.69 Å². The molecule has 0 amide bonds. The average molecular weight is 381 g/mol. The summed E-state index contributed by atoms with van der Waals surface area (Å²) in [5.74, 6) is 0. The number of hydrogen-bond donors (Lipinski definition) is 2. The molecule has 4 aromatic rings. The molecule has 0 spiro atoms. The van der Waals surface area contributed by atoms with E-state index in [-0.39, 0.29) is 23.7 Å². The van der Waals surface area contributed by atoms with Crippen molar-refractivity contribution < 1.29 is 8.42 Å². The first-order valence-corrected chi connectivity index (χ1v) is 9.80. The average Bonchev–Trinajstić information content (AvgIpc) is 3.34. The van der Waals surface area contributed by atoms with Gasteiger partial charge in [0.2, 0.25) is 10.0 Å². The molecule has 0 fully saturated rings. The first kappa shape index (κ1) is 16.0. The molecule has 0 bridgehead atoms. The maximum atomic E-state index is 13.1. The van der Waals surface area contributed by atoms with Crippen LogP contribution in [0, 0.1) is 0 Å². The van der Waals surface area contributed by atoms with Gasteiger partial charge in [0, 0.05) is 12.1 Å². The Hall–Kier alpha value is -3.17. The van der Waals surface area contributed by atoms with Crippen LogP contribution in [0.25, 0.3) is 16.7 Å². The van der Waals surface area contributed by atoms with E-state index >= 15 is 0 Å². The Bertz CT molecular complexity index is 1320. The van der Waals surface area contributed by atoms with Crippen LogP contribution in [0.15, 0.2) is 64.4 Å². The highest BCUT2D eigenvalue weighted by molar-refractivity contribution is 7.89.